The number of nitrogens with one attached hydrogen (secondary N) is 1. The number of halogens is 1. The third kappa shape index (κ3) is 2.69. The lowest BCUT2D eigenvalue weighted by atomic mass is 9.93. The Bertz CT molecular complexity index is 583. The van der Waals surface area contributed by atoms with Crippen molar-refractivity contribution in [3.63, 3.8) is 0 Å². The van der Waals surface area contributed by atoms with E-state index < -0.39 is 0 Å². The van der Waals surface area contributed by atoms with Gasteiger partial charge in [0.05, 0.1) is 29.9 Å². The highest BCUT2D eigenvalue weighted by Crippen LogP contribution is 2.31. The van der Waals surface area contributed by atoms with E-state index in [2.05, 4.69) is 36.3 Å². The van der Waals surface area contributed by atoms with E-state index in [-0.39, 0.29) is 12.6 Å². The molecule has 0 aliphatic heterocycles. The van der Waals surface area contributed by atoms with Crippen LogP contribution in [-0.2, 0) is 13.0 Å². The second kappa shape index (κ2) is 5.88. The summed E-state index contributed by atoms with van der Waals surface area (Å²) in [5.74, 6) is 0.626. The molecule has 0 bridgehead atoms. The van der Waals surface area contributed by atoms with Gasteiger partial charge in [-0.3, -0.25) is 4.68 Å². The third-order valence-corrected chi connectivity index (χ3v) is 3.91. The van der Waals surface area contributed by atoms with Crippen molar-refractivity contribution >= 4 is 21.9 Å². The number of anilines is 1. The van der Waals surface area contributed by atoms with Gasteiger partial charge in [-0.1, -0.05) is 0 Å². The average molecular weight is 338 g/mol. The summed E-state index contributed by atoms with van der Waals surface area (Å²) in [6.07, 6.45) is 8.49. The van der Waals surface area contributed by atoms with Gasteiger partial charge in [0.25, 0.3) is 0 Å². The summed E-state index contributed by atoms with van der Waals surface area (Å²) in [4.78, 5) is 8.50. The Hall–Kier alpha value is -1.47. The fourth-order valence-electron chi connectivity index (χ4n) is 2.60. The predicted octanol–water partition coefficient (Wildman–Crippen LogP) is 1.92. The van der Waals surface area contributed by atoms with Crippen molar-refractivity contribution in [1.82, 2.24) is 19.7 Å². The van der Waals surface area contributed by atoms with E-state index >= 15 is 0 Å². The smallest absolute Gasteiger partial charge is 0.223 e. The Morgan fingerprint density at radius 3 is 2.90 bits per heavy atom. The minimum atomic E-state index is 0.113. The predicted molar refractivity (Wildman–Crippen MR) is 78.3 cm³/mol. The number of aliphatic hydroxyl groups is 1. The molecule has 3 rings (SSSR count). The van der Waals surface area contributed by atoms with Crippen molar-refractivity contribution in [2.45, 2.75) is 31.8 Å². The molecule has 0 amide bonds. The molecule has 0 saturated carbocycles. The van der Waals surface area contributed by atoms with Gasteiger partial charge in [0.1, 0.15) is 0 Å². The van der Waals surface area contributed by atoms with Gasteiger partial charge in [-0.05, 0) is 35.2 Å². The lowest BCUT2D eigenvalue weighted by molar-refractivity contribution is 0.266. The first-order valence-corrected chi connectivity index (χ1v) is 7.47. The van der Waals surface area contributed by atoms with Gasteiger partial charge in [-0.25, -0.2) is 9.97 Å². The maximum Gasteiger partial charge on any atom is 0.223 e. The third-order valence-electron chi connectivity index (χ3n) is 3.50. The highest BCUT2D eigenvalue weighted by molar-refractivity contribution is 9.10. The fourth-order valence-corrected chi connectivity index (χ4v) is 2.80. The van der Waals surface area contributed by atoms with Crippen molar-refractivity contribution in [2.24, 2.45) is 0 Å². The number of hydrogen-bond donors (Lipinski definition) is 2. The summed E-state index contributed by atoms with van der Waals surface area (Å²) in [5, 5.41) is 16.8. The molecule has 0 spiro atoms. The minimum absolute atomic E-state index is 0.113. The topological polar surface area (TPSA) is 75.9 Å². The standard InChI is InChI=1S/C13H16BrN5O/c14-9-6-15-13(16-7-9)18-11-2-1-3-12-10(11)8-17-19(12)4-5-20/h6-8,11,20H,1-5H2,(H,15,16,18)/t11-/m0/s1. The lowest BCUT2D eigenvalue weighted by Crippen LogP contribution is -2.20. The first kappa shape index (κ1) is 13.5. The molecule has 1 aliphatic rings. The highest BCUT2D eigenvalue weighted by atomic mass is 79.9. The van der Waals surface area contributed by atoms with Gasteiger partial charge in [0.2, 0.25) is 5.95 Å². The van der Waals surface area contributed by atoms with Crippen molar-refractivity contribution < 1.29 is 5.11 Å². The fraction of sp³-hybridized carbons (Fsp3) is 0.462. The van der Waals surface area contributed by atoms with Crippen LogP contribution in [0.4, 0.5) is 5.95 Å². The van der Waals surface area contributed by atoms with Crippen LogP contribution in [-0.4, -0.2) is 31.5 Å². The summed E-state index contributed by atoms with van der Waals surface area (Å²) in [6, 6.07) is 0.187. The van der Waals surface area contributed by atoms with Crippen molar-refractivity contribution in [3.05, 3.63) is 34.3 Å². The van der Waals surface area contributed by atoms with Crippen LogP contribution in [0.3, 0.4) is 0 Å². The van der Waals surface area contributed by atoms with Crippen LogP contribution in [0.5, 0.6) is 0 Å². The number of nitrogens with zero attached hydrogens (tertiary/aromatic N) is 4. The summed E-state index contributed by atoms with van der Waals surface area (Å²) in [5.41, 5.74) is 2.40. The van der Waals surface area contributed by atoms with Gasteiger partial charge >= 0.3 is 0 Å². The molecule has 0 saturated heterocycles. The van der Waals surface area contributed by atoms with E-state index in [4.69, 9.17) is 5.11 Å². The molecule has 0 unspecified atom stereocenters. The van der Waals surface area contributed by atoms with E-state index in [0.717, 1.165) is 23.7 Å². The van der Waals surface area contributed by atoms with E-state index in [0.29, 0.717) is 12.5 Å². The van der Waals surface area contributed by atoms with Gasteiger partial charge in [-0.15, -0.1) is 0 Å². The zero-order chi connectivity index (χ0) is 13.9. The summed E-state index contributed by atoms with van der Waals surface area (Å²) >= 11 is 3.33. The summed E-state index contributed by atoms with van der Waals surface area (Å²) in [6.45, 7) is 0.666. The van der Waals surface area contributed by atoms with Gasteiger partial charge in [-0.2, -0.15) is 5.10 Å². The first-order valence-electron chi connectivity index (χ1n) is 6.67. The Balaban J connectivity index is 1.81. The molecule has 1 atom stereocenters. The van der Waals surface area contributed by atoms with Crippen LogP contribution in [0.15, 0.2) is 23.1 Å². The van der Waals surface area contributed by atoms with Crippen molar-refractivity contribution in [1.29, 1.82) is 0 Å². The van der Waals surface area contributed by atoms with Gasteiger partial charge < -0.3 is 10.4 Å². The molecule has 0 fully saturated rings. The second-order valence-electron chi connectivity index (χ2n) is 4.81. The van der Waals surface area contributed by atoms with Gasteiger partial charge in [0.15, 0.2) is 0 Å². The average Bonchev–Trinajstić information content (AvgIpc) is 2.86. The Morgan fingerprint density at radius 2 is 2.15 bits per heavy atom. The molecule has 106 valence electrons. The number of rotatable bonds is 4. The molecule has 2 N–H and O–H groups in total. The molecule has 2 heterocycles. The number of fused-ring (bicyclic) bond motifs is 1. The van der Waals surface area contributed by atoms with Crippen LogP contribution in [0.2, 0.25) is 0 Å². The Kier molecular flexibility index (Phi) is 3.98. The van der Waals surface area contributed by atoms with Crippen molar-refractivity contribution in [2.75, 3.05) is 11.9 Å². The van der Waals surface area contributed by atoms with Crippen LogP contribution >= 0.6 is 15.9 Å². The van der Waals surface area contributed by atoms with Crippen molar-refractivity contribution in [3.8, 4) is 0 Å². The van der Waals surface area contributed by atoms with Crippen LogP contribution < -0.4 is 5.32 Å². The number of aromatic nitrogens is 4. The largest absolute Gasteiger partial charge is 0.394 e. The Morgan fingerprint density at radius 1 is 1.35 bits per heavy atom. The molecule has 2 aromatic rings. The zero-order valence-corrected chi connectivity index (χ0v) is 12.5. The first-order chi connectivity index (χ1) is 9.78. The van der Waals surface area contributed by atoms with Crippen LogP contribution in [0.1, 0.15) is 30.1 Å². The van der Waals surface area contributed by atoms with Crippen LogP contribution in [0.25, 0.3) is 0 Å². The summed E-state index contributed by atoms with van der Waals surface area (Å²) < 4.78 is 2.76. The van der Waals surface area contributed by atoms with E-state index in [1.165, 1.54) is 11.3 Å². The minimum Gasteiger partial charge on any atom is -0.394 e. The molecule has 6 nitrogen and oxygen atoms in total. The van der Waals surface area contributed by atoms with E-state index in [1.54, 1.807) is 12.4 Å². The summed E-state index contributed by atoms with van der Waals surface area (Å²) in [7, 11) is 0. The molecular formula is C13H16BrN5O. The molecule has 7 heteroatoms. The van der Waals surface area contributed by atoms with Crippen LogP contribution in [0, 0.1) is 0 Å². The molecule has 0 radical (unpaired) electrons. The maximum atomic E-state index is 9.07. The monoisotopic (exact) mass is 337 g/mol. The lowest BCUT2D eigenvalue weighted by Gasteiger charge is -2.24. The SMILES string of the molecule is OCCn1ncc2c1CCC[C@@H]2Nc1ncc(Br)cn1. The van der Waals surface area contributed by atoms with E-state index in [1.807, 2.05) is 10.9 Å². The number of hydrogen-bond acceptors (Lipinski definition) is 5. The normalized spacial score (nSPS) is 17.8. The molecule has 20 heavy (non-hydrogen) atoms. The second-order valence-corrected chi connectivity index (χ2v) is 5.72. The quantitative estimate of drug-likeness (QED) is 0.891. The van der Waals surface area contributed by atoms with E-state index in [9.17, 15) is 0 Å². The Labute approximate surface area is 125 Å². The molecular weight excluding hydrogens is 322 g/mol. The van der Waals surface area contributed by atoms with Gasteiger partial charge in [0, 0.05) is 23.7 Å². The molecule has 2 aromatic heterocycles. The number of aliphatic hydroxyl groups excluding tert-OH is 1. The highest BCUT2D eigenvalue weighted by Gasteiger charge is 2.24. The zero-order valence-electron chi connectivity index (χ0n) is 11.0. The maximum absolute atomic E-state index is 9.07. The molecule has 1 aliphatic carbocycles. The molecule has 0 aromatic carbocycles.